The van der Waals surface area contributed by atoms with Crippen molar-refractivity contribution in [2.24, 2.45) is 5.11 Å². The third kappa shape index (κ3) is 12.5. The molecule has 78 heavy (non-hydrogen) atoms. The predicted octanol–water partition coefficient (Wildman–Crippen LogP) is 6.20. The molecule has 4 aromatic carbocycles. The molecule has 27 heteroatoms. The Morgan fingerprint density at radius 1 is 0.667 bits per heavy atom. The van der Waals surface area contributed by atoms with Gasteiger partial charge in [-0.3, -0.25) is 19.2 Å². The smallest absolute Gasteiger partial charge is 0.407 e. The van der Waals surface area contributed by atoms with E-state index < -0.39 is 164 Å². The van der Waals surface area contributed by atoms with Crippen molar-refractivity contribution >= 4 is 35.9 Å². The molecule has 0 saturated carbocycles. The summed E-state index contributed by atoms with van der Waals surface area (Å²) < 4.78 is 142. The maximum atomic E-state index is 15.0. The quantitative estimate of drug-likeness (QED) is 0.0142. The van der Waals surface area contributed by atoms with Gasteiger partial charge in [-0.05, 0) is 27.8 Å². The Hall–Kier alpha value is -7.78. The Morgan fingerprint density at radius 2 is 1.24 bits per heavy atom. The molecule has 4 aromatic rings. The number of carbonyl (C=O) groups excluding carboxylic acids is 6. The summed E-state index contributed by atoms with van der Waals surface area (Å²) in [5, 5.41) is 5.98. The fourth-order valence-electron chi connectivity index (χ4n) is 9.26. The van der Waals surface area contributed by atoms with Crippen LogP contribution in [0.5, 0.6) is 5.75 Å². The number of azide groups is 1. The first-order valence-corrected chi connectivity index (χ1v) is 23.8. The van der Waals surface area contributed by atoms with Gasteiger partial charge in [0.2, 0.25) is 34.8 Å². The summed E-state index contributed by atoms with van der Waals surface area (Å²) in [6.07, 6.45) is -17.7. The van der Waals surface area contributed by atoms with Gasteiger partial charge in [0.05, 0.1) is 13.2 Å². The van der Waals surface area contributed by atoms with Gasteiger partial charge >= 0.3 is 35.9 Å². The van der Waals surface area contributed by atoms with Gasteiger partial charge in [-0.25, -0.2) is 22.8 Å². The lowest BCUT2D eigenvalue weighted by Crippen LogP contribution is -2.67. The first kappa shape index (κ1) is 56.4. The summed E-state index contributed by atoms with van der Waals surface area (Å²) in [5.74, 6) is -20.8. The molecule has 8 rings (SSSR count). The maximum Gasteiger partial charge on any atom is 0.407 e. The van der Waals surface area contributed by atoms with Gasteiger partial charge in [0.1, 0.15) is 43.7 Å². The fourth-order valence-corrected chi connectivity index (χ4v) is 9.26. The molecule has 0 unspecified atom stereocenters. The molecule has 0 spiro atoms. The SMILES string of the molecule is CC(=O)OC[C@H]1O[C@@H](O[C@@H]2[C@@H](N=[N+]=[N-])[C@@H](OC[C@H](NC(=O)OCC3c4ccccc4-c4ccccc43)C(=O)Oc3c(F)c(F)c(F)c(F)c3F)O[C@@H]3CO[C@H](c4ccccc4)O[C@H]23)[C@H](OC(C)=O)[C@@H](OC(C)=O)[C@H]1OC(C)=O. The number of esters is 5. The van der Waals surface area contributed by atoms with Gasteiger partial charge in [-0.2, -0.15) is 8.78 Å². The van der Waals surface area contributed by atoms with E-state index in [4.69, 9.17) is 56.8 Å². The zero-order chi connectivity index (χ0) is 55.9. The van der Waals surface area contributed by atoms with Gasteiger partial charge in [0.15, 0.2) is 43.2 Å². The van der Waals surface area contributed by atoms with Crippen LogP contribution >= 0.6 is 0 Å². The molecular formula is C51H47F5N4O18. The largest absolute Gasteiger partial charge is 0.463 e. The van der Waals surface area contributed by atoms with Crippen LogP contribution in [-0.2, 0) is 76.1 Å². The number of ether oxygens (including phenoxy) is 12. The molecule has 4 aliphatic rings. The first-order valence-electron chi connectivity index (χ1n) is 23.8. The van der Waals surface area contributed by atoms with E-state index in [-0.39, 0.29) is 13.2 Å². The third-order valence-corrected chi connectivity index (χ3v) is 12.5. The van der Waals surface area contributed by atoms with Crippen LogP contribution in [0.1, 0.15) is 56.6 Å². The van der Waals surface area contributed by atoms with Crippen molar-refractivity contribution < 1.29 is 108 Å². The first-order chi connectivity index (χ1) is 37.3. The molecular weight excluding hydrogens is 1050 g/mol. The van der Waals surface area contributed by atoms with Crippen molar-refractivity contribution in [3.63, 3.8) is 0 Å². The van der Waals surface area contributed by atoms with E-state index in [1.165, 1.54) is 0 Å². The number of nitrogens with zero attached hydrogens (tertiary/aromatic N) is 3. The number of carbonyl (C=O) groups is 6. The molecule has 1 N–H and O–H groups in total. The Morgan fingerprint density at radius 3 is 1.85 bits per heavy atom. The molecule has 3 saturated heterocycles. The van der Waals surface area contributed by atoms with Gasteiger partial charge in [-0.15, -0.1) is 0 Å². The number of alkyl carbamates (subject to hydrolysis) is 1. The number of halogens is 5. The normalized spacial score (nSPS) is 25.6. The van der Waals surface area contributed by atoms with Crippen molar-refractivity contribution in [2.45, 2.75) is 107 Å². The highest BCUT2D eigenvalue weighted by molar-refractivity contribution is 5.83. The second-order valence-corrected chi connectivity index (χ2v) is 17.8. The number of amides is 1. The number of nitrogens with one attached hydrogen (secondary N) is 1. The van der Waals surface area contributed by atoms with Crippen molar-refractivity contribution in [2.75, 3.05) is 26.4 Å². The molecule has 1 aliphatic carbocycles. The van der Waals surface area contributed by atoms with Crippen molar-refractivity contribution in [1.82, 2.24) is 5.32 Å². The van der Waals surface area contributed by atoms with E-state index in [0.717, 1.165) is 49.9 Å². The standard InChI is InChI=1S/C51H47F5N4O18/c1-22(61)67-20-33-42(71-23(2)62)45(72-24(3)63)46(73-25(4)64)50(75-33)78-44-40(59-60-57)49(74-34-21-69-48(77-41(34)44)26-12-6-5-7-13-26)68-19-32(47(65)76-43-38(55)36(53)35(52)37(54)39(43)56)58-51(66)70-18-31-29-16-10-8-14-27(29)28-15-9-11-17-30(28)31/h5-17,31-34,40-42,44-46,48-50H,18-21H2,1-4H3,(H,58,66)/t32-,33+,34+,40+,41-,42-,44+,45-,46+,48-,49-,50-/m0/s1. The van der Waals surface area contributed by atoms with Crippen LogP contribution in [0.2, 0.25) is 0 Å². The van der Waals surface area contributed by atoms with Crippen LogP contribution in [0.3, 0.4) is 0 Å². The van der Waals surface area contributed by atoms with Crippen LogP contribution < -0.4 is 10.1 Å². The molecule has 3 heterocycles. The van der Waals surface area contributed by atoms with Crippen LogP contribution in [0, 0.1) is 29.1 Å². The van der Waals surface area contributed by atoms with Crippen molar-refractivity contribution in [3.8, 4) is 16.9 Å². The Bertz CT molecular complexity index is 2900. The van der Waals surface area contributed by atoms with Gasteiger partial charge in [0.25, 0.3) is 0 Å². The van der Waals surface area contributed by atoms with Crippen LogP contribution in [0.4, 0.5) is 26.7 Å². The summed E-state index contributed by atoms with van der Waals surface area (Å²) in [6.45, 7) is 1.44. The van der Waals surface area contributed by atoms with E-state index in [2.05, 4.69) is 15.3 Å². The zero-order valence-electron chi connectivity index (χ0n) is 41.4. The lowest BCUT2D eigenvalue weighted by molar-refractivity contribution is -0.376. The van der Waals surface area contributed by atoms with E-state index in [1.807, 2.05) is 36.4 Å². The van der Waals surface area contributed by atoms with Crippen molar-refractivity contribution in [3.05, 3.63) is 135 Å². The molecule has 0 aromatic heterocycles. The number of benzene rings is 4. The summed E-state index contributed by atoms with van der Waals surface area (Å²) >= 11 is 0. The molecule has 12 atom stereocenters. The molecule has 414 valence electrons. The second kappa shape index (κ2) is 24.7. The van der Waals surface area contributed by atoms with Gasteiger partial charge in [0, 0.05) is 44.1 Å². The predicted molar refractivity (Wildman–Crippen MR) is 248 cm³/mol. The lowest BCUT2D eigenvalue weighted by atomic mass is 9.94. The minimum absolute atomic E-state index is 0.351. The molecule has 0 radical (unpaired) electrons. The van der Waals surface area contributed by atoms with E-state index in [0.29, 0.717) is 5.56 Å². The summed E-state index contributed by atoms with van der Waals surface area (Å²) in [5.41, 5.74) is 13.8. The lowest BCUT2D eigenvalue weighted by Gasteiger charge is -2.50. The molecule has 3 fully saturated rings. The second-order valence-electron chi connectivity index (χ2n) is 17.8. The third-order valence-electron chi connectivity index (χ3n) is 12.5. The Kier molecular flexibility index (Phi) is 17.9. The van der Waals surface area contributed by atoms with E-state index in [1.54, 1.807) is 42.5 Å². The summed E-state index contributed by atoms with van der Waals surface area (Å²) in [7, 11) is 0. The van der Waals surface area contributed by atoms with Crippen molar-refractivity contribution in [1.29, 1.82) is 0 Å². The fraction of sp³-hybridized carbons (Fsp3) is 0.412. The zero-order valence-corrected chi connectivity index (χ0v) is 41.4. The summed E-state index contributed by atoms with van der Waals surface area (Å²) in [6, 6.07) is 18.8. The highest BCUT2D eigenvalue weighted by Crippen LogP contribution is 2.45. The minimum atomic E-state index is -2.57. The highest BCUT2D eigenvalue weighted by atomic mass is 19.2. The number of fused-ring (bicyclic) bond motifs is 4. The van der Waals surface area contributed by atoms with Crippen LogP contribution in [0.25, 0.3) is 21.6 Å². The number of hydrogen-bond acceptors (Lipinski definition) is 19. The van der Waals surface area contributed by atoms with Gasteiger partial charge < -0.3 is 62.2 Å². The molecule has 1 amide bonds. The average molecular weight is 1100 g/mol. The maximum absolute atomic E-state index is 15.0. The Balaban J connectivity index is 1.13. The van der Waals surface area contributed by atoms with Gasteiger partial charge in [-0.1, -0.05) is 84.0 Å². The van der Waals surface area contributed by atoms with Crippen LogP contribution in [-0.4, -0.2) is 130 Å². The molecule has 0 bridgehead atoms. The Labute approximate surface area is 438 Å². The van der Waals surface area contributed by atoms with E-state index in [9.17, 15) is 56.3 Å². The topological polar surface area (TPSA) is 274 Å². The van der Waals surface area contributed by atoms with Crippen LogP contribution in [0.15, 0.2) is 84.0 Å². The molecule has 3 aliphatic heterocycles. The summed E-state index contributed by atoms with van der Waals surface area (Å²) in [4.78, 5) is 80.5. The number of rotatable bonds is 17. The molecule has 22 nitrogen and oxygen atoms in total. The highest BCUT2D eigenvalue weighted by Gasteiger charge is 2.57. The van der Waals surface area contributed by atoms with E-state index >= 15 is 0 Å². The minimum Gasteiger partial charge on any atom is -0.463 e. The number of hydrogen-bond donors (Lipinski definition) is 1. The monoisotopic (exact) mass is 1100 g/mol. The average Bonchev–Trinajstić information content (AvgIpc) is 3.79.